The molecule has 1 aliphatic rings. The minimum absolute atomic E-state index is 0.206. The second-order valence-electron chi connectivity index (χ2n) is 6.17. The quantitative estimate of drug-likeness (QED) is 0.898. The van der Waals surface area contributed by atoms with Crippen molar-refractivity contribution in [3.8, 4) is 5.75 Å². The maximum absolute atomic E-state index is 9.43. The van der Waals surface area contributed by atoms with Crippen LogP contribution in [-0.4, -0.2) is 16.6 Å². The van der Waals surface area contributed by atoms with Crippen LogP contribution in [0.4, 0.5) is 5.69 Å². The molecule has 0 atom stereocenters. The fourth-order valence-corrected chi connectivity index (χ4v) is 2.77. The Kier molecular flexibility index (Phi) is 3.13. The first kappa shape index (κ1) is 13.0. The number of pyridine rings is 1. The summed E-state index contributed by atoms with van der Waals surface area (Å²) in [6, 6.07) is 8.46. The number of aryl methyl sites for hydroxylation is 2. The molecule has 0 spiro atoms. The number of aromatic hydroxyl groups is 1. The molecule has 0 unspecified atom stereocenters. The third kappa shape index (κ3) is 2.48. The van der Waals surface area contributed by atoms with Gasteiger partial charge in [0, 0.05) is 23.8 Å². The number of anilines is 1. The summed E-state index contributed by atoms with van der Waals surface area (Å²) < 4.78 is 0. The van der Waals surface area contributed by atoms with E-state index in [2.05, 4.69) is 42.3 Å². The Morgan fingerprint density at radius 2 is 1.95 bits per heavy atom. The zero-order chi connectivity index (χ0) is 14.2. The molecule has 20 heavy (non-hydrogen) atoms. The summed E-state index contributed by atoms with van der Waals surface area (Å²) >= 11 is 0. The van der Waals surface area contributed by atoms with Crippen LogP contribution < -0.4 is 5.32 Å². The first-order chi connectivity index (χ1) is 9.54. The molecule has 2 N–H and O–H groups in total. The second kappa shape index (κ2) is 4.82. The molecular formula is C17H20N2O. The van der Waals surface area contributed by atoms with E-state index < -0.39 is 0 Å². The molecule has 1 aliphatic heterocycles. The zero-order valence-electron chi connectivity index (χ0n) is 12.0. The lowest BCUT2D eigenvalue weighted by molar-refractivity contribution is 0.471. The van der Waals surface area contributed by atoms with E-state index in [1.165, 1.54) is 23.0 Å². The van der Waals surface area contributed by atoms with Crippen LogP contribution in [0.15, 0.2) is 36.7 Å². The van der Waals surface area contributed by atoms with Crippen molar-refractivity contribution in [3.63, 3.8) is 0 Å². The molecule has 0 saturated heterocycles. The largest absolute Gasteiger partial charge is 0.506 e. The molecule has 1 aromatic heterocycles. The van der Waals surface area contributed by atoms with Crippen LogP contribution in [-0.2, 0) is 18.3 Å². The number of nitrogens with zero attached hydrogens (tertiary/aromatic N) is 1. The van der Waals surface area contributed by atoms with Crippen LogP contribution in [0.25, 0.3) is 0 Å². The molecule has 2 heterocycles. The Morgan fingerprint density at radius 1 is 1.15 bits per heavy atom. The van der Waals surface area contributed by atoms with Crippen molar-refractivity contribution >= 4 is 5.69 Å². The van der Waals surface area contributed by atoms with Gasteiger partial charge in [0.2, 0.25) is 0 Å². The molecular weight excluding hydrogens is 248 g/mol. The smallest absolute Gasteiger partial charge is 0.134 e. The van der Waals surface area contributed by atoms with Crippen LogP contribution in [0, 0.1) is 0 Å². The number of benzene rings is 1. The van der Waals surface area contributed by atoms with E-state index >= 15 is 0 Å². The summed E-state index contributed by atoms with van der Waals surface area (Å²) in [4.78, 5) is 4.02. The Labute approximate surface area is 119 Å². The number of nitrogens with one attached hydrogen (secondary N) is 1. The first-order valence-corrected chi connectivity index (χ1v) is 7.05. The van der Waals surface area contributed by atoms with Crippen molar-refractivity contribution in [2.45, 2.75) is 32.1 Å². The van der Waals surface area contributed by atoms with Gasteiger partial charge < -0.3 is 10.4 Å². The van der Waals surface area contributed by atoms with Crippen LogP contribution >= 0.6 is 0 Å². The van der Waals surface area contributed by atoms with Gasteiger partial charge in [-0.2, -0.15) is 0 Å². The van der Waals surface area contributed by atoms with Crippen LogP contribution in [0.3, 0.4) is 0 Å². The van der Waals surface area contributed by atoms with Gasteiger partial charge in [-0.05, 0) is 41.7 Å². The maximum atomic E-state index is 9.43. The Hall–Kier alpha value is -2.03. The SMILES string of the molecule is CC1(C)CNc2ccc(CCc3cncc(O)c3)cc21. The summed E-state index contributed by atoms with van der Waals surface area (Å²) in [5.41, 5.74) is 5.28. The molecule has 3 heteroatoms. The molecule has 3 rings (SSSR count). The summed E-state index contributed by atoms with van der Waals surface area (Å²) in [7, 11) is 0. The fourth-order valence-electron chi connectivity index (χ4n) is 2.77. The summed E-state index contributed by atoms with van der Waals surface area (Å²) in [5.74, 6) is 0.238. The predicted octanol–water partition coefficient (Wildman–Crippen LogP) is 3.28. The van der Waals surface area contributed by atoms with E-state index in [0.29, 0.717) is 0 Å². The minimum atomic E-state index is 0.206. The van der Waals surface area contributed by atoms with Gasteiger partial charge >= 0.3 is 0 Å². The van der Waals surface area contributed by atoms with Crippen molar-refractivity contribution in [3.05, 3.63) is 53.3 Å². The van der Waals surface area contributed by atoms with Crippen molar-refractivity contribution in [2.24, 2.45) is 0 Å². The number of fused-ring (bicyclic) bond motifs is 1. The Bertz CT molecular complexity index is 635. The van der Waals surface area contributed by atoms with Crippen molar-refractivity contribution < 1.29 is 5.11 Å². The lowest BCUT2D eigenvalue weighted by Gasteiger charge is -2.17. The van der Waals surface area contributed by atoms with E-state index in [-0.39, 0.29) is 11.2 Å². The Balaban J connectivity index is 1.76. The third-order valence-electron chi connectivity index (χ3n) is 4.02. The standard InChI is InChI=1S/C17H20N2O/c1-17(2)11-19-16-6-5-12(8-15(16)17)3-4-13-7-14(20)10-18-9-13/h5-10,19-20H,3-4,11H2,1-2H3. The van der Waals surface area contributed by atoms with Crippen molar-refractivity contribution in [2.75, 3.05) is 11.9 Å². The highest BCUT2D eigenvalue weighted by atomic mass is 16.3. The molecule has 1 aromatic carbocycles. The van der Waals surface area contributed by atoms with E-state index in [0.717, 1.165) is 24.9 Å². The van der Waals surface area contributed by atoms with Gasteiger partial charge in [-0.15, -0.1) is 0 Å². The Morgan fingerprint density at radius 3 is 2.75 bits per heavy atom. The molecule has 0 saturated carbocycles. The van der Waals surface area contributed by atoms with Gasteiger partial charge in [0.1, 0.15) is 5.75 Å². The number of aromatic nitrogens is 1. The topological polar surface area (TPSA) is 45.2 Å². The zero-order valence-corrected chi connectivity index (χ0v) is 12.0. The highest BCUT2D eigenvalue weighted by Crippen LogP contribution is 2.36. The van der Waals surface area contributed by atoms with Crippen molar-refractivity contribution in [1.82, 2.24) is 4.98 Å². The lowest BCUT2D eigenvalue weighted by Crippen LogP contribution is -2.19. The first-order valence-electron chi connectivity index (χ1n) is 7.05. The van der Waals surface area contributed by atoms with Gasteiger partial charge in [-0.3, -0.25) is 4.98 Å². The molecule has 0 amide bonds. The molecule has 3 nitrogen and oxygen atoms in total. The van der Waals surface area contributed by atoms with E-state index in [9.17, 15) is 5.11 Å². The third-order valence-corrected chi connectivity index (χ3v) is 4.02. The number of hydrogen-bond donors (Lipinski definition) is 2. The average molecular weight is 268 g/mol. The molecule has 0 aliphatic carbocycles. The van der Waals surface area contributed by atoms with E-state index in [4.69, 9.17) is 0 Å². The average Bonchev–Trinajstić information content (AvgIpc) is 2.72. The molecule has 104 valence electrons. The normalized spacial score (nSPS) is 15.7. The molecule has 2 aromatic rings. The van der Waals surface area contributed by atoms with Gasteiger partial charge in [-0.25, -0.2) is 0 Å². The van der Waals surface area contributed by atoms with Gasteiger partial charge in [0.25, 0.3) is 0 Å². The van der Waals surface area contributed by atoms with Gasteiger partial charge in [0.15, 0.2) is 0 Å². The minimum Gasteiger partial charge on any atom is -0.506 e. The van der Waals surface area contributed by atoms with E-state index in [1.807, 2.05) is 6.20 Å². The molecule has 0 fully saturated rings. The summed E-state index contributed by atoms with van der Waals surface area (Å²) in [6.45, 7) is 5.55. The molecule has 0 radical (unpaired) electrons. The second-order valence-corrected chi connectivity index (χ2v) is 6.17. The number of rotatable bonds is 3. The fraction of sp³-hybridized carbons (Fsp3) is 0.353. The number of hydrogen-bond acceptors (Lipinski definition) is 3. The van der Waals surface area contributed by atoms with Crippen LogP contribution in [0.1, 0.15) is 30.5 Å². The summed E-state index contributed by atoms with van der Waals surface area (Å²) in [5, 5.41) is 12.9. The predicted molar refractivity (Wildman–Crippen MR) is 81.3 cm³/mol. The maximum Gasteiger partial charge on any atom is 0.134 e. The van der Waals surface area contributed by atoms with E-state index in [1.54, 1.807) is 6.07 Å². The lowest BCUT2D eigenvalue weighted by atomic mass is 9.85. The van der Waals surface area contributed by atoms with Crippen molar-refractivity contribution in [1.29, 1.82) is 0 Å². The van der Waals surface area contributed by atoms with Gasteiger partial charge in [0.05, 0.1) is 6.20 Å². The monoisotopic (exact) mass is 268 g/mol. The highest BCUT2D eigenvalue weighted by molar-refractivity contribution is 5.60. The molecule has 0 bridgehead atoms. The summed E-state index contributed by atoms with van der Waals surface area (Å²) in [6.07, 6.45) is 5.15. The highest BCUT2D eigenvalue weighted by Gasteiger charge is 2.29. The van der Waals surface area contributed by atoms with Crippen LogP contribution in [0.2, 0.25) is 0 Å². The van der Waals surface area contributed by atoms with Gasteiger partial charge in [-0.1, -0.05) is 26.0 Å². The van der Waals surface area contributed by atoms with Crippen LogP contribution in [0.5, 0.6) is 5.75 Å².